The second-order valence-corrected chi connectivity index (χ2v) is 7.93. The van der Waals surface area contributed by atoms with Crippen molar-refractivity contribution in [1.29, 1.82) is 0 Å². The van der Waals surface area contributed by atoms with Crippen molar-refractivity contribution >= 4 is 5.69 Å². The molecule has 3 heterocycles. The van der Waals surface area contributed by atoms with Crippen LogP contribution in [-0.4, -0.2) is 37.9 Å². The lowest BCUT2D eigenvalue weighted by molar-refractivity contribution is 0.174. The van der Waals surface area contributed by atoms with Gasteiger partial charge in [0.25, 0.3) is 0 Å². The molecule has 0 amide bonds. The van der Waals surface area contributed by atoms with E-state index in [-0.39, 0.29) is 0 Å². The number of fused-ring (bicyclic) bond motifs is 1. The SMILES string of the molecule is CCN1C[C@H](c2ccc3c(c2)OCO3)C[C@@H]1c1ccc(N2CCCC2)cc1. The van der Waals surface area contributed by atoms with Crippen molar-refractivity contribution in [2.24, 2.45) is 0 Å². The first kappa shape index (κ1) is 16.9. The van der Waals surface area contributed by atoms with Crippen LogP contribution in [-0.2, 0) is 0 Å². The van der Waals surface area contributed by atoms with E-state index in [1.165, 1.54) is 42.7 Å². The molecule has 0 radical (unpaired) electrons. The van der Waals surface area contributed by atoms with Crippen LogP contribution in [0.25, 0.3) is 0 Å². The van der Waals surface area contributed by atoms with Gasteiger partial charge in [0.2, 0.25) is 6.79 Å². The average molecular weight is 364 g/mol. The van der Waals surface area contributed by atoms with Crippen LogP contribution in [0.4, 0.5) is 5.69 Å². The van der Waals surface area contributed by atoms with Crippen molar-refractivity contribution in [3.8, 4) is 11.5 Å². The first-order chi connectivity index (χ1) is 13.3. The third-order valence-corrected chi connectivity index (χ3v) is 6.43. The molecule has 3 aliphatic rings. The van der Waals surface area contributed by atoms with E-state index in [9.17, 15) is 0 Å². The molecular formula is C23H28N2O2. The number of hydrogen-bond donors (Lipinski definition) is 0. The summed E-state index contributed by atoms with van der Waals surface area (Å²) in [5, 5.41) is 0. The Morgan fingerprint density at radius 1 is 0.926 bits per heavy atom. The third-order valence-electron chi connectivity index (χ3n) is 6.43. The minimum Gasteiger partial charge on any atom is -0.454 e. The highest BCUT2D eigenvalue weighted by Crippen LogP contribution is 2.43. The predicted octanol–water partition coefficient (Wildman–Crippen LogP) is 4.57. The zero-order chi connectivity index (χ0) is 18.2. The molecule has 0 aliphatic carbocycles. The highest BCUT2D eigenvalue weighted by Gasteiger charge is 2.33. The number of anilines is 1. The van der Waals surface area contributed by atoms with Crippen molar-refractivity contribution in [3.63, 3.8) is 0 Å². The Morgan fingerprint density at radius 3 is 2.44 bits per heavy atom. The normalized spacial score (nSPS) is 24.7. The van der Waals surface area contributed by atoms with Crippen molar-refractivity contribution in [2.45, 2.75) is 38.1 Å². The van der Waals surface area contributed by atoms with E-state index >= 15 is 0 Å². The first-order valence-corrected chi connectivity index (χ1v) is 10.3. The minimum atomic E-state index is 0.344. The Bertz CT molecular complexity index is 799. The van der Waals surface area contributed by atoms with E-state index in [1.807, 2.05) is 0 Å². The van der Waals surface area contributed by atoms with Crippen LogP contribution in [0.1, 0.15) is 49.3 Å². The molecule has 4 heteroatoms. The standard InChI is InChI=1S/C23H28N2O2/c1-2-24-15-19(18-7-10-22-23(14-18)27-16-26-22)13-21(24)17-5-8-20(9-6-17)25-11-3-4-12-25/h5-10,14,19,21H,2-4,11-13,15-16H2,1H3/t19-,21-/m1/s1. The minimum absolute atomic E-state index is 0.344. The summed E-state index contributed by atoms with van der Waals surface area (Å²) in [7, 11) is 0. The van der Waals surface area contributed by atoms with Gasteiger partial charge in [-0.3, -0.25) is 4.90 Å². The van der Waals surface area contributed by atoms with Gasteiger partial charge in [-0.05, 0) is 67.1 Å². The molecule has 3 aliphatic heterocycles. The summed E-state index contributed by atoms with van der Waals surface area (Å²) in [5.74, 6) is 2.31. The van der Waals surface area contributed by atoms with Crippen LogP contribution in [0.5, 0.6) is 11.5 Å². The molecule has 27 heavy (non-hydrogen) atoms. The average Bonchev–Trinajstić information content (AvgIpc) is 3.47. The molecular weight excluding hydrogens is 336 g/mol. The molecule has 2 aromatic carbocycles. The fourth-order valence-electron chi connectivity index (χ4n) is 4.89. The zero-order valence-electron chi connectivity index (χ0n) is 16.1. The summed E-state index contributed by atoms with van der Waals surface area (Å²) in [6.45, 7) is 7.21. The lowest BCUT2D eigenvalue weighted by Gasteiger charge is -2.24. The summed E-state index contributed by atoms with van der Waals surface area (Å²) in [6.07, 6.45) is 3.81. The van der Waals surface area contributed by atoms with Gasteiger partial charge < -0.3 is 14.4 Å². The van der Waals surface area contributed by atoms with Gasteiger partial charge >= 0.3 is 0 Å². The lowest BCUT2D eigenvalue weighted by atomic mass is 9.93. The summed E-state index contributed by atoms with van der Waals surface area (Å²) < 4.78 is 11.1. The van der Waals surface area contributed by atoms with E-state index in [2.05, 4.69) is 59.2 Å². The van der Waals surface area contributed by atoms with E-state index in [0.717, 1.165) is 31.0 Å². The monoisotopic (exact) mass is 364 g/mol. The van der Waals surface area contributed by atoms with Crippen molar-refractivity contribution in [1.82, 2.24) is 4.90 Å². The molecule has 4 nitrogen and oxygen atoms in total. The van der Waals surface area contributed by atoms with Crippen LogP contribution in [0.2, 0.25) is 0 Å². The molecule has 0 spiro atoms. The van der Waals surface area contributed by atoms with Crippen LogP contribution >= 0.6 is 0 Å². The fourth-order valence-corrected chi connectivity index (χ4v) is 4.89. The van der Waals surface area contributed by atoms with E-state index in [4.69, 9.17) is 9.47 Å². The number of ether oxygens (including phenoxy) is 2. The topological polar surface area (TPSA) is 24.9 Å². The number of likely N-dealkylation sites (N-methyl/N-ethyl adjacent to an activating group) is 1. The maximum Gasteiger partial charge on any atom is 0.231 e. The quantitative estimate of drug-likeness (QED) is 0.794. The molecule has 0 aromatic heterocycles. The van der Waals surface area contributed by atoms with Gasteiger partial charge in [-0.25, -0.2) is 0 Å². The summed E-state index contributed by atoms with van der Waals surface area (Å²) in [5.41, 5.74) is 4.20. The van der Waals surface area contributed by atoms with Crippen LogP contribution in [0, 0.1) is 0 Å². The number of likely N-dealkylation sites (tertiary alicyclic amines) is 1. The number of hydrogen-bond acceptors (Lipinski definition) is 4. The maximum absolute atomic E-state index is 5.58. The number of nitrogens with zero attached hydrogens (tertiary/aromatic N) is 2. The summed E-state index contributed by atoms with van der Waals surface area (Å²) >= 11 is 0. The molecule has 2 aromatic rings. The Morgan fingerprint density at radius 2 is 1.67 bits per heavy atom. The van der Waals surface area contributed by atoms with Gasteiger partial charge in [0.05, 0.1) is 0 Å². The fraction of sp³-hybridized carbons (Fsp3) is 0.478. The Hall–Kier alpha value is -2.20. The molecule has 0 N–H and O–H groups in total. The van der Waals surface area contributed by atoms with Gasteiger partial charge in [-0.2, -0.15) is 0 Å². The molecule has 0 unspecified atom stereocenters. The van der Waals surface area contributed by atoms with Crippen molar-refractivity contribution < 1.29 is 9.47 Å². The Balaban J connectivity index is 1.35. The third kappa shape index (κ3) is 3.16. The molecule has 0 saturated carbocycles. The van der Waals surface area contributed by atoms with Gasteiger partial charge in [-0.1, -0.05) is 25.1 Å². The lowest BCUT2D eigenvalue weighted by Crippen LogP contribution is -2.23. The molecule has 2 saturated heterocycles. The number of benzene rings is 2. The van der Waals surface area contributed by atoms with Crippen molar-refractivity contribution in [2.75, 3.05) is 37.9 Å². The highest BCUT2D eigenvalue weighted by atomic mass is 16.7. The Kier molecular flexibility index (Phi) is 4.44. The summed E-state index contributed by atoms with van der Waals surface area (Å²) in [4.78, 5) is 5.12. The van der Waals surface area contributed by atoms with Crippen LogP contribution in [0.3, 0.4) is 0 Å². The first-order valence-electron chi connectivity index (χ1n) is 10.3. The second kappa shape index (κ2) is 7.08. The second-order valence-electron chi connectivity index (χ2n) is 7.93. The van der Waals surface area contributed by atoms with Gasteiger partial charge in [0.15, 0.2) is 11.5 Å². The highest BCUT2D eigenvalue weighted by molar-refractivity contribution is 5.49. The molecule has 5 rings (SSSR count). The predicted molar refractivity (Wildman–Crippen MR) is 108 cm³/mol. The largest absolute Gasteiger partial charge is 0.454 e. The maximum atomic E-state index is 5.58. The van der Waals surface area contributed by atoms with Crippen LogP contribution in [0.15, 0.2) is 42.5 Å². The van der Waals surface area contributed by atoms with Gasteiger partial charge in [-0.15, -0.1) is 0 Å². The molecule has 2 atom stereocenters. The van der Waals surface area contributed by atoms with Crippen LogP contribution < -0.4 is 14.4 Å². The van der Waals surface area contributed by atoms with Gasteiger partial charge in [0.1, 0.15) is 0 Å². The molecule has 2 fully saturated rings. The zero-order valence-corrected chi connectivity index (χ0v) is 16.1. The Labute approximate surface area is 161 Å². The molecule has 142 valence electrons. The van der Waals surface area contributed by atoms with Crippen molar-refractivity contribution in [3.05, 3.63) is 53.6 Å². The number of rotatable bonds is 4. The molecule has 0 bridgehead atoms. The van der Waals surface area contributed by atoms with E-state index < -0.39 is 0 Å². The smallest absolute Gasteiger partial charge is 0.231 e. The van der Waals surface area contributed by atoms with Gasteiger partial charge in [0, 0.05) is 31.4 Å². The summed E-state index contributed by atoms with van der Waals surface area (Å²) in [6, 6.07) is 16.3. The van der Waals surface area contributed by atoms with E-state index in [1.54, 1.807) is 0 Å². The van der Waals surface area contributed by atoms with E-state index in [0.29, 0.717) is 18.8 Å².